The Morgan fingerprint density at radius 3 is 2.57 bits per heavy atom. The molecule has 1 N–H and O–H groups in total. The number of rotatable bonds is 6. The normalized spacial score (nSPS) is 9.96. The van der Waals surface area contributed by atoms with E-state index in [-0.39, 0.29) is 18.0 Å². The number of nitrogens with zero attached hydrogens (tertiary/aromatic N) is 1. The molecule has 118 valence electrons. The summed E-state index contributed by atoms with van der Waals surface area (Å²) in [6.07, 6.45) is 0.701. The van der Waals surface area contributed by atoms with E-state index in [0.717, 1.165) is 5.56 Å². The molecule has 0 aliphatic heterocycles. The van der Waals surface area contributed by atoms with Crippen molar-refractivity contribution >= 4 is 23.6 Å². The van der Waals surface area contributed by atoms with E-state index in [1.165, 1.54) is 12.1 Å². The standard InChI is InChI=1S/C16H14N2O5/c1-11-2-7-14(15(8-11)18(21)22)17-16(20)10-23-13-5-3-12(9-19)4-6-13/h2-9H,10H2,1H3,(H,17,20). The molecule has 0 aliphatic carbocycles. The Bertz CT molecular complexity index is 741. The molecule has 2 aromatic rings. The first-order chi connectivity index (χ1) is 11.0. The molecule has 0 bridgehead atoms. The SMILES string of the molecule is Cc1ccc(NC(=O)COc2ccc(C=O)cc2)c([N+](=O)[O-])c1. The highest BCUT2D eigenvalue weighted by Gasteiger charge is 2.16. The smallest absolute Gasteiger partial charge is 0.293 e. The average Bonchev–Trinajstić information content (AvgIpc) is 2.55. The summed E-state index contributed by atoms with van der Waals surface area (Å²) in [7, 11) is 0. The number of aryl methyl sites for hydroxylation is 1. The van der Waals surface area contributed by atoms with Gasteiger partial charge in [0.25, 0.3) is 11.6 Å². The first-order valence-electron chi connectivity index (χ1n) is 6.72. The minimum Gasteiger partial charge on any atom is -0.484 e. The van der Waals surface area contributed by atoms with Crippen molar-refractivity contribution in [3.05, 3.63) is 63.7 Å². The molecular weight excluding hydrogens is 300 g/mol. The number of anilines is 1. The number of hydrogen-bond donors (Lipinski definition) is 1. The summed E-state index contributed by atoms with van der Waals surface area (Å²) in [5, 5.41) is 13.4. The van der Waals surface area contributed by atoms with Crippen molar-refractivity contribution in [3.8, 4) is 5.75 Å². The molecule has 2 rings (SSSR count). The molecule has 0 spiro atoms. The molecular formula is C16H14N2O5. The lowest BCUT2D eigenvalue weighted by Crippen LogP contribution is -2.20. The van der Waals surface area contributed by atoms with E-state index in [4.69, 9.17) is 4.74 Å². The second-order valence-corrected chi connectivity index (χ2v) is 4.80. The maximum Gasteiger partial charge on any atom is 0.293 e. The van der Waals surface area contributed by atoms with Crippen molar-refractivity contribution < 1.29 is 19.2 Å². The lowest BCUT2D eigenvalue weighted by Gasteiger charge is -2.08. The Balaban J connectivity index is 1.99. The van der Waals surface area contributed by atoms with E-state index in [0.29, 0.717) is 17.6 Å². The zero-order valence-corrected chi connectivity index (χ0v) is 12.3. The van der Waals surface area contributed by atoms with Gasteiger partial charge in [0.15, 0.2) is 6.61 Å². The fourth-order valence-corrected chi connectivity index (χ4v) is 1.88. The lowest BCUT2D eigenvalue weighted by molar-refractivity contribution is -0.384. The van der Waals surface area contributed by atoms with Crippen LogP contribution in [0, 0.1) is 17.0 Å². The van der Waals surface area contributed by atoms with Crippen molar-refractivity contribution in [1.29, 1.82) is 0 Å². The van der Waals surface area contributed by atoms with E-state index in [9.17, 15) is 19.7 Å². The van der Waals surface area contributed by atoms with Gasteiger partial charge in [0.05, 0.1) is 4.92 Å². The molecule has 7 heteroatoms. The molecule has 7 nitrogen and oxygen atoms in total. The van der Waals surface area contributed by atoms with Crippen molar-refractivity contribution in [2.24, 2.45) is 0 Å². The van der Waals surface area contributed by atoms with Crippen LogP contribution >= 0.6 is 0 Å². The minimum absolute atomic E-state index is 0.116. The van der Waals surface area contributed by atoms with Crippen LogP contribution < -0.4 is 10.1 Å². The first kappa shape index (κ1) is 16.2. The fraction of sp³-hybridized carbons (Fsp3) is 0.125. The van der Waals surface area contributed by atoms with Crippen LogP contribution in [0.15, 0.2) is 42.5 Å². The van der Waals surface area contributed by atoms with E-state index in [1.54, 1.807) is 37.3 Å². The topological polar surface area (TPSA) is 98.5 Å². The number of carbonyl (C=O) groups excluding carboxylic acids is 2. The Hall–Kier alpha value is -3.22. The average molecular weight is 314 g/mol. The van der Waals surface area contributed by atoms with E-state index < -0.39 is 10.8 Å². The molecule has 0 unspecified atom stereocenters. The van der Waals surface area contributed by atoms with Crippen LogP contribution in [0.25, 0.3) is 0 Å². The van der Waals surface area contributed by atoms with Gasteiger partial charge in [0.1, 0.15) is 17.7 Å². The van der Waals surface area contributed by atoms with Gasteiger partial charge >= 0.3 is 0 Å². The lowest BCUT2D eigenvalue weighted by atomic mass is 10.2. The predicted octanol–water partition coefficient (Wildman–Crippen LogP) is 2.73. The molecule has 0 fully saturated rings. The molecule has 1 amide bonds. The summed E-state index contributed by atoms with van der Waals surface area (Å²) in [4.78, 5) is 32.8. The highest BCUT2D eigenvalue weighted by atomic mass is 16.6. The monoisotopic (exact) mass is 314 g/mol. The van der Waals surface area contributed by atoms with Crippen LogP contribution in [0.1, 0.15) is 15.9 Å². The number of aldehydes is 1. The molecule has 0 aromatic heterocycles. The highest BCUT2D eigenvalue weighted by molar-refractivity contribution is 5.94. The third-order valence-corrected chi connectivity index (χ3v) is 3.01. The summed E-state index contributed by atoms with van der Waals surface area (Å²) >= 11 is 0. The number of nitro groups is 1. The molecule has 2 aromatic carbocycles. The van der Waals surface area contributed by atoms with Crippen LogP contribution in [0.3, 0.4) is 0 Å². The number of nitro benzene ring substituents is 1. The van der Waals surface area contributed by atoms with E-state index >= 15 is 0 Å². The minimum atomic E-state index is -0.554. The molecule has 0 heterocycles. The first-order valence-corrected chi connectivity index (χ1v) is 6.72. The van der Waals surface area contributed by atoms with Gasteiger partial charge in [-0.25, -0.2) is 0 Å². The van der Waals surface area contributed by atoms with Crippen molar-refractivity contribution in [2.45, 2.75) is 6.92 Å². The summed E-state index contributed by atoms with van der Waals surface area (Å²) in [5.74, 6) is -0.0967. The number of carbonyl (C=O) groups is 2. The number of hydrogen-bond acceptors (Lipinski definition) is 5. The third kappa shape index (κ3) is 4.37. The van der Waals surface area contributed by atoms with Gasteiger partial charge in [0, 0.05) is 11.6 Å². The van der Waals surface area contributed by atoms with Crippen LogP contribution in [-0.2, 0) is 4.79 Å². The molecule has 0 radical (unpaired) electrons. The maximum atomic E-state index is 11.9. The molecule has 0 saturated carbocycles. The summed E-state index contributed by atoms with van der Waals surface area (Å²) in [6, 6.07) is 10.8. The molecule has 0 saturated heterocycles. The van der Waals surface area contributed by atoms with Gasteiger partial charge in [-0.2, -0.15) is 0 Å². The predicted molar refractivity (Wildman–Crippen MR) is 83.8 cm³/mol. The number of amides is 1. The van der Waals surface area contributed by atoms with Crippen molar-refractivity contribution in [3.63, 3.8) is 0 Å². The Morgan fingerprint density at radius 2 is 1.96 bits per heavy atom. The zero-order valence-electron chi connectivity index (χ0n) is 12.3. The third-order valence-electron chi connectivity index (χ3n) is 3.01. The van der Waals surface area contributed by atoms with Crippen LogP contribution in [-0.4, -0.2) is 23.7 Å². The zero-order chi connectivity index (χ0) is 16.8. The molecule has 0 aliphatic rings. The van der Waals surface area contributed by atoms with Gasteiger partial charge in [-0.1, -0.05) is 6.07 Å². The van der Waals surface area contributed by atoms with E-state index in [2.05, 4.69) is 5.32 Å². The van der Waals surface area contributed by atoms with Crippen molar-refractivity contribution in [2.75, 3.05) is 11.9 Å². The Labute approximate surface area is 132 Å². The van der Waals surface area contributed by atoms with Gasteiger partial charge in [-0.3, -0.25) is 19.7 Å². The highest BCUT2D eigenvalue weighted by Crippen LogP contribution is 2.25. The van der Waals surface area contributed by atoms with Gasteiger partial charge in [-0.05, 0) is 42.8 Å². The maximum absolute atomic E-state index is 11.9. The second-order valence-electron chi connectivity index (χ2n) is 4.80. The Morgan fingerprint density at radius 1 is 1.26 bits per heavy atom. The van der Waals surface area contributed by atoms with E-state index in [1.807, 2.05) is 0 Å². The van der Waals surface area contributed by atoms with Gasteiger partial charge in [0.2, 0.25) is 0 Å². The largest absolute Gasteiger partial charge is 0.484 e. The van der Waals surface area contributed by atoms with Crippen molar-refractivity contribution in [1.82, 2.24) is 0 Å². The number of ether oxygens (including phenoxy) is 1. The quantitative estimate of drug-likeness (QED) is 0.502. The van der Waals surface area contributed by atoms with Crippen LogP contribution in [0.4, 0.5) is 11.4 Å². The summed E-state index contributed by atoms with van der Waals surface area (Å²) in [6.45, 7) is 1.43. The molecule has 23 heavy (non-hydrogen) atoms. The fourth-order valence-electron chi connectivity index (χ4n) is 1.88. The summed E-state index contributed by atoms with van der Waals surface area (Å²) in [5.41, 5.74) is 1.16. The van der Waals surface area contributed by atoms with Crippen LogP contribution in [0.5, 0.6) is 5.75 Å². The number of nitrogens with one attached hydrogen (secondary N) is 1. The van der Waals surface area contributed by atoms with Gasteiger partial charge in [-0.15, -0.1) is 0 Å². The molecule has 0 atom stereocenters. The van der Waals surface area contributed by atoms with Gasteiger partial charge < -0.3 is 10.1 Å². The van der Waals surface area contributed by atoms with Crippen LogP contribution in [0.2, 0.25) is 0 Å². The second kappa shape index (κ2) is 7.17. The number of benzene rings is 2. The Kier molecular flexibility index (Phi) is 5.03. The summed E-state index contributed by atoms with van der Waals surface area (Å²) < 4.78 is 5.27.